The van der Waals surface area contributed by atoms with Gasteiger partial charge in [0, 0.05) is 6.20 Å². The van der Waals surface area contributed by atoms with E-state index in [1.54, 1.807) is 0 Å². The van der Waals surface area contributed by atoms with Gasteiger partial charge in [-0.25, -0.2) is 4.98 Å². The molecule has 0 aliphatic heterocycles. The Morgan fingerprint density at radius 3 is 2.87 bits per heavy atom. The van der Waals surface area contributed by atoms with Crippen molar-refractivity contribution in [1.29, 1.82) is 5.26 Å². The zero-order valence-electron chi connectivity index (χ0n) is 9.15. The largest absolute Gasteiger partial charge is 0.302 e. The van der Waals surface area contributed by atoms with Gasteiger partial charge in [-0.05, 0) is 38.5 Å². The lowest BCUT2D eigenvalue weighted by molar-refractivity contribution is 0.883. The van der Waals surface area contributed by atoms with E-state index in [1.807, 2.05) is 43.5 Å². The molecule has 2 rings (SSSR count). The van der Waals surface area contributed by atoms with E-state index >= 15 is 0 Å². The summed E-state index contributed by atoms with van der Waals surface area (Å²) < 4.78 is 2.00. The lowest BCUT2D eigenvalue weighted by atomic mass is 10.1. The molecule has 0 spiro atoms. The minimum absolute atomic E-state index is 0.122. The number of fused-ring (bicyclic) bond motifs is 1. The molecule has 2 heterocycles. The Hall–Kier alpha value is -1.82. The van der Waals surface area contributed by atoms with Crippen LogP contribution in [0, 0.1) is 25.2 Å². The summed E-state index contributed by atoms with van der Waals surface area (Å²) in [7, 11) is 0. The standard InChI is InChI=1S/C12H13N3/c1-8-4-5-15-11(6-8)14-10(3)12(15)9(2)7-13/h4-6,9H,1-3H3. The molecule has 2 aromatic rings. The average molecular weight is 199 g/mol. The number of pyridine rings is 1. The molecule has 0 fully saturated rings. The van der Waals surface area contributed by atoms with Gasteiger partial charge in [0.2, 0.25) is 0 Å². The summed E-state index contributed by atoms with van der Waals surface area (Å²) in [6.45, 7) is 5.89. The Morgan fingerprint density at radius 2 is 2.20 bits per heavy atom. The molecule has 76 valence electrons. The molecule has 1 atom stereocenters. The van der Waals surface area contributed by atoms with Gasteiger partial charge in [0.25, 0.3) is 0 Å². The lowest BCUT2D eigenvalue weighted by Crippen LogP contribution is -1.98. The quantitative estimate of drug-likeness (QED) is 0.708. The summed E-state index contributed by atoms with van der Waals surface area (Å²) >= 11 is 0. The SMILES string of the molecule is Cc1ccn2c(C(C)C#N)c(C)nc2c1. The zero-order chi connectivity index (χ0) is 11.0. The summed E-state index contributed by atoms with van der Waals surface area (Å²) in [5.41, 5.74) is 4.04. The third-order valence-electron chi connectivity index (χ3n) is 2.61. The Labute approximate surface area is 89.0 Å². The van der Waals surface area contributed by atoms with Crippen molar-refractivity contribution in [2.75, 3.05) is 0 Å². The Balaban J connectivity index is 2.75. The topological polar surface area (TPSA) is 41.1 Å². The Morgan fingerprint density at radius 1 is 1.47 bits per heavy atom. The lowest BCUT2D eigenvalue weighted by Gasteiger charge is -2.04. The van der Waals surface area contributed by atoms with E-state index in [0.717, 1.165) is 17.0 Å². The highest BCUT2D eigenvalue weighted by molar-refractivity contribution is 5.46. The summed E-state index contributed by atoms with van der Waals surface area (Å²) in [6.07, 6.45) is 1.98. The van der Waals surface area contributed by atoms with E-state index in [1.165, 1.54) is 5.56 Å². The van der Waals surface area contributed by atoms with Gasteiger partial charge >= 0.3 is 0 Å². The van der Waals surface area contributed by atoms with Crippen molar-refractivity contribution in [2.24, 2.45) is 0 Å². The van der Waals surface area contributed by atoms with E-state index in [9.17, 15) is 0 Å². The van der Waals surface area contributed by atoms with Crippen molar-refractivity contribution < 1.29 is 0 Å². The molecule has 0 N–H and O–H groups in total. The van der Waals surface area contributed by atoms with Crippen molar-refractivity contribution in [3.63, 3.8) is 0 Å². The first kappa shape index (κ1) is 9.72. The van der Waals surface area contributed by atoms with Crippen molar-refractivity contribution in [3.8, 4) is 6.07 Å². The number of hydrogen-bond acceptors (Lipinski definition) is 2. The Bertz CT molecular complexity index is 546. The fourth-order valence-corrected chi connectivity index (χ4v) is 1.87. The summed E-state index contributed by atoms with van der Waals surface area (Å²) in [4.78, 5) is 4.45. The molecule has 0 aliphatic rings. The second-order valence-electron chi connectivity index (χ2n) is 3.87. The maximum atomic E-state index is 8.95. The van der Waals surface area contributed by atoms with Crippen molar-refractivity contribution in [1.82, 2.24) is 9.38 Å². The van der Waals surface area contributed by atoms with Crippen LogP contribution in [0.15, 0.2) is 18.3 Å². The van der Waals surface area contributed by atoms with Crippen LogP contribution in [0.1, 0.15) is 29.8 Å². The van der Waals surface area contributed by atoms with E-state index in [2.05, 4.69) is 11.1 Å². The molecule has 0 amide bonds. The molecule has 0 saturated carbocycles. The molecule has 0 aromatic carbocycles. The van der Waals surface area contributed by atoms with E-state index < -0.39 is 0 Å². The van der Waals surface area contributed by atoms with Crippen molar-refractivity contribution in [3.05, 3.63) is 35.3 Å². The molecule has 0 radical (unpaired) electrons. The smallest absolute Gasteiger partial charge is 0.137 e. The van der Waals surface area contributed by atoms with E-state index in [0.29, 0.717) is 0 Å². The minimum Gasteiger partial charge on any atom is -0.302 e. The normalized spacial score (nSPS) is 12.7. The first-order valence-electron chi connectivity index (χ1n) is 4.98. The van der Waals surface area contributed by atoms with E-state index in [4.69, 9.17) is 5.26 Å². The summed E-state index contributed by atoms with van der Waals surface area (Å²) in [5, 5.41) is 8.95. The molecule has 3 nitrogen and oxygen atoms in total. The van der Waals surface area contributed by atoms with Gasteiger partial charge in [-0.1, -0.05) is 0 Å². The third kappa shape index (κ3) is 1.48. The van der Waals surface area contributed by atoms with Gasteiger partial charge in [0.05, 0.1) is 23.4 Å². The second kappa shape index (κ2) is 3.39. The molecule has 0 bridgehead atoms. The van der Waals surface area contributed by atoms with Crippen molar-refractivity contribution in [2.45, 2.75) is 26.7 Å². The highest BCUT2D eigenvalue weighted by Crippen LogP contribution is 2.20. The summed E-state index contributed by atoms with van der Waals surface area (Å²) in [6, 6.07) is 6.31. The summed E-state index contributed by atoms with van der Waals surface area (Å²) in [5.74, 6) is -0.122. The number of aromatic nitrogens is 2. The van der Waals surface area contributed by atoms with Crippen LogP contribution >= 0.6 is 0 Å². The zero-order valence-corrected chi connectivity index (χ0v) is 9.15. The predicted octanol–water partition coefficient (Wildman–Crippen LogP) is 2.58. The predicted molar refractivity (Wildman–Crippen MR) is 58.7 cm³/mol. The monoisotopic (exact) mass is 199 g/mol. The molecule has 1 unspecified atom stereocenters. The number of imidazole rings is 1. The highest BCUT2D eigenvalue weighted by Gasteiger charge is 2.14. The van der Waals surface area contributed by atoms with Crippen molar-refractivity contribution >= 4 is 5.65 Å². The maximum Gasteiger partial charge on any atom is 0.137 e. The first-order valence-corrected chi connectivity index (χ1v) is 4.98. The maximum absolute atomic E-state index is 8.95. The molecule has 0 aliphatic carbocycles. The molecular weight excluding hydrogens is 186 g/mol. The van der Waals surface area contributed by atoms with Gasteiger partial charge in [0.1, 0.15) is 5.65 Å². The fraction of sp³-hybridized carbons (Fsp3) is 0.333. The molecule has 3 heteroatoms. The fourth-order valence-electron chi connectivity index (χ4n) is 1.87. The van der Waals surface area contributed by atoms with Crippen LogP contribution in [-0.2, 0) is 0 Å². The highest BCUT2D eigenvalue weighted by atomic mass is 15.0. The van der Waals surface area contributed by atoms with Gasteiger partial charge in [-0.3, -0.25) is 0 Å². The number of rotatable bonds is 1. The second-order valence-corrected chi connectivity index (χ2v) is 3.87. The average Bonchev–Trinajstić information content (AvgIpc) is 2.52. The van der Waals surface area contributed by atoms with Gasteiger partial charge in [-0.2, -0.15) is 5.26 Å². The first-order chi connectivity index (χ1) is 7.13. The van der Waals surface area contributed by atoms with E-state index in [-0.39, 0.29) is 5.92 Å². The number of nitrogens with zero attached hydrogens (tertiary/aromatic N) is 3. The molecule has 0 saturated heterocycles. The van der Waals surface area contributed by atoms with Gasteiger partial charge in [0.15, 0.2) is 0 Å². The van der Waals surface area contributed by atoms with Gasteiger partial charge in [-0.15, -0.1) is 0 Å². The van der Waals surface area contributed by atoms with Crippen LogP contribution in [0.5, 0.6) is 0 Å². The number of hydrogen-bond donors (Lipinski definition) is 0. The van der Waals surface area contributed by atoms with Gasteiger partial charge < -0.3 is 4.40 Å². The van der Waals surface area contributed by atoms with Crippen LogP contribution in [-0.4, -0.2) is 9.38 Å². The van der Waals surface area contributed by atoms with Crippen LogP contribution in [0.4, 0.5) is 0 Å². The third-order valence-corrected chi connectivity index (χ3v) is 2.61. The molecule has 15 heavy (non-hydrogen) atoms. The number of nitriles is 1. The number of aryl methyl sites for hydroxylation is 2. The van der Waals surface area contributed by atoms with Crippen LogP contribution in [0.3, 0.4) is 0 Å². The molecular formula is C12H13N3. The minimum atomic E-state index is -0.122. The van der Waals surface area contributed by atoms with Crippen LogP contribution in [0.25, 0.3) is 5.65 Å². The van der Waals surface area contributed by atoms with Crippen LogP contribution < -0.4 is 0 Å². The molecule has 2 aromatic heterocycles. The van der Waals surface area contributed by atoms with Crippen LogP contribution in [0.2, 0.25) is 0 Å². The Kier molecular flexibility index (Phi) is 2.20.